The van der Waals surface area contributed by atoms with Crippen molar-refractivity contribution in [1.29, 1.82) is 0 Å². The highest BCUT2D eigenvalue weighted by Crippen LogP contribution is 2.54. The van der Waals surface area contributed by atoms with Gasteiger partial charge in [0.05, 0.1) is 0 Å². The predicted molar refractivity (Wildman–Crippen MR) is 56.6 cm³/mol. The van der Waals surface area contributed by atoms with Gasteiger partial charge in [0.1, 0.15) is 0 Å². The molecule has 0 radical (unpaired) electrons. The highest BCUT2D eigenvalue weighted by molar-refractivity contribution is 9.10. The summed E-state index contributed by atoms with van der Waals surface area (Å²) in [6.45, 7) is 0. The van der Waals surface area contributed by atoms with Crippen LogP contribution in [0.1, 0.15) is 17.7 Å². The summed E-state index contributed by atoms with van der Waals surface area (Å²) in [6, 6.07) is 1.88. The zero-order valence-corrected chi connectivity index (χ0v) is 9.64. The average molecular weight is 277 g/mol. The molecule has 0 amide bonds. The lowest BCUT2D eigenvalue weighted by Crippen LogP contribution is -2.33. The number of hydrogen-bond acceptors (Lipinski definition) is 3. The van der Waals surface area contributed by atoms with Gasteiger partial charge in [-0.2, -0.15) is 0 Å². The van der Waals surface area contributed by atoms with E-state index in [1.165, 1.54) is 11.3 Å². The Kier molecular flexibility index (Phi) is 2.41. The molecule has 1 heterocycles. The quantitative estimate of drug-likeness (QED) is 0.888. The van der Waals surface area contributed by atoms with E-state index in [-0.39, 0.29) is 0 Å². The number of aliphatic hydroxyl groups is 1. The molecular formula is C9H9BrO3S. The summed E-state index contributed by atoms with van der Waals surface area (Å²) in [7, 11) is 0. The van der Waals surface area contributed by atoms with Crippen molar-refractivity contribution in [1.82, 2.24) is 0 Å². The number of thiophene rings is 1. The van der Waals surface area contributed by atoms with E-state index in [1.807, 2.05) is 11.4 Å². The number of aliphatic carboxylic acids is 1. The van der Waals surface area contributed by atoms with Crippen molar-refractivity contribution >= 4 is 33.2 Å². The maximum atomic E-state index is 10.7. The molecule has 1 unspecified atom stereocenters. The molecule has 0 aromatic carbocycles. The van der Waals surface area contributed by atoms with Crippen molar-refractivity contribution in [3.63, 3.8) is 0 Å². The zero-order valence-electron chi connectivity index (χ0n) is 7.24. The van der Waals surface area contributed by atoms with E-state index in [1.54, 1.807) is 0 Å². The lowest BCUT2D eigenvalue weighted by atomic mass is 9.97. The topological polar surface area (TPSA) is 57.5 Å². The van der Waals surface area contributed by atoms with Gasteiger partial charge in [-0.3, -0.25) is 0 Å². The summed E-state index contributed by atoms with van der Waals surface area (Å²) in [5.41, 5.74) is -0.529. The smallest absolute Gasteiger partial charge is 0.333 e. The van der Waals surface area contributed by atoms with E-state index in [0.29, 0.717) is 0 Å². The van der Waals surface area contributed by atoms with Gasteiger partial charge in [0.2, 0.25) is 0 Å². The average Bonchev–Trinajstić information content (AvgIpc) is 2.83. The Bertz CT molecular complexity index is 370. The van der Waals surface area contributed by atoms with Crippen LogP contribution in [0.3, 0.4) is 0 Å². The van der Waals surface area contributed by atoms with Crippen LogP contribution in [-0.2, 0) is 10.2 Å². The first-order chi connectivity index (χ1) is 6.58. The van der Waals surface area contributed by atoms with E-state index in [0.717, 1.165) is 22.2 Å². The van der Waals surface area contributed by atoms with Crippen LogP contribution in [-0.4, -0.2) is 22.3 Å². The van der Waals surface area contributed by atoms with Crippen molar-refractivity contribution < 1.29 is 15.0 Å². The van der Waals surface area contributed by atoms with E-state index in [2.05, 4.69) is 15.9 Å². The van der Waals surface area contributed by atoms with Crippen molar-refractivity contribution in [3.05, 3.63) is 20.8 Å². The lowest BCUT2D eigenvalue weighted by Gasteiger charge is -2.17. The second-order valence-corrected chi connectivity index (χ2v) is 5.27. The van der Waals surface area contributed by atoms with Crippen LogP contribution < -0.4 is 0 Å². The van der Waals surface area contributed by atoms with Crippen LogP contribution in [0.15, 0.2) is 15.9 Å². The molecule has 1 atom stereocenters. The van der Waals surface area contributed by atoms with E-state index in [4.69, 9.17) is 5.11 Å². The van der Waals surface area contributed by atoms with Crippen molar-refractivity contribution in [3.8, 4) is 0 Å². The summed E-state index contributed by atoms with van der Waals surface area (Å²) >= 11 is 4.86. The Labute approximate surface area is 93.5 Å². The fraction of sp³-hybridized carbons (Fsp3) is 0.444. The highest BCUT2D eigenvalue weighted by atomic mass is 79.9. The Morgan fingerprint density at radius 2 is 2.29 bits per heavy atom. The number of carboxylic acids is 1. The summed E-state index contributed by atoms with van der Waals surface area (Å²) in [4.78, 5) is 11.7. The van der Waals surface area contributed by atoms with Gasteiger partial charge in [0, 0.05) is 14.8 Å². The van der Waals surface area contributed by atoms with Crippen molar-refractivity contribution in [2.75, 3.05) is 0 Å². The third-order valence-corrected chi connectivity index (χ3v) is 4.67. The molecule has 0 aliphatic heterocycles. The number of carboxylic acid groups (broad SMARTS) is 1. The van der Waals surface area contributed by atoms with E-state index >= 15 is 0 Å². The highest BCUT2D eigenvalue weighted by Gasteiger charge is 2.55. The molecule has 1 aromatic rings. The summed E-state index contributed by atoms with van der Waals surface area (Å²) < 4.78 is 0.903. The van der Waals surface area contributed by atoms with Crippen LogP contribution in [0.2, 0.25) is 0 Å². The van der Waals surface area contributed by atoms with E-state index in [9.17, 15) is 9.90 Å². The molecule has 3 nitrogen and oxygen atoms in total. The monoisotopic (exact) mass is 276 g/mol. The van der Waals surface area contributed by atoms with Gasteiger partial charge in [0.25, 0.3) is 0 Å². The Morgan fingerprint density at radius 1 is 1.64 bits per heavy atom. The van der Waals surface area contributed by atoms with Crippen molar-refractivity contribution in [2.24, 2.45) is 0 Å². The Morgan fingerprint density at radius 3 is 2.64 bits per heavy atom. The van der Waals surface area contributed by atoms with Crippen LogP contribution >= 0.6 is 27.3 Å². The first kappa shape index (κ1) is 10.1. The maximum absolute atomic E-state index is 10.7. The molecule has 0 spiro atoms. The van der Waals surface area contributed by atoms with Crippen molar-refractivity contribution in [2.45, 2.75) is 24.4 Å². The molecule has 14 heavy (non-hydrogen) atoms. The van der Waals surface area contributed by atoms with Crippen LogP contribution in [0.25, 0.3) is 0 Å². The molecule has 0 saturated heterocycles. The molecule has 2 N–H and O–H groups in total. The van der Waals surface area contributed by atoms with Gasteiger partial charge in [-0.05, 0) is 40.2 Å². The molecule has 0 bridgehead atoms. The van der Waals surface area contributed by atoms with Gasteiger partial charge >= 0.3 is 5.97 Å². The Balaban J connectivity index is 2.34. The lowest BCUT2D eigenvalue weighted by molar-refractivity contribution is -0.148. The second kappa shape index (κ2) is 3.32. The first-order valence-corrected chi connectivity index (χ1v) is 5.89. The van der Waals surface area contributed by atoms with Crippen LogP contribution in [0.5, 0.6) is 0 Å². The summed E-state index contributed by atoms with van der Waals surface area (Å²) in [6.07, 6.45) is 0.219. The molecule has 76 valence electrons. The van der Waals surface area contributed by atoms with E-state index < -0.39 is 17.5 Å². The molecule has 1 aromatic heterocycles. The SMILES string of the molecule is O=C(O)C(O)C1(c2sccc2Br)CC1. The van der Waals surface area contributed by atoms with Gasteiger partial charge in [-0.25, -0.2) is 4.79 Å². The molecule has 5 heteroatoms. The molecule has 1 aliphatic carbocycles. The third-order valence-electron chi connectivity index (χ3n) is 2.62. The Hall–Kier alpha value is -0.390. The normalized spacial score (nSPS) is 20.4. The number of rotatable bonds is 3. The van der Waals surface area contributed by atoms with Gasteiger partial charge in [-0.1, -0.05) is 0 Å². The van der Waals surface area contributed by atoms with Gasteiger partial charge in [0.15, 0.2) is 6.10 Å². The summed E-state index contributed by atoms with van der Waals surface area (Å²) in [5, 5.41) is 20.3. The number of carbonyl (C=O) groups is 1. The fourth-order valence-electron chi connectivity index (χ4n) is 1.64. The number of aliphatic hydroxyl groups excluding tert-OH is 1. The first-order valence-electron chi connectivity index (χ1n) is 4.22. The minimum absolute atomic E-state index is 0.529. The molecule has 1 saturated carbocycles. The standard InChI is InChI=1S/C9H9BrO3S/c10-5-1-4-14-7(5)9(2-3-9)6(11)8(12)13/h1,4,6,11H,2-3H2,(H,12,13). The largest absolute Gasteiger partial charge is 0.479 e. The zero-order chi connectivity index (χ0) is 10.3. The summed E-state index contributed by atoms with van der Waals surface area (Å²) in [5.74, 6) is -1.14. The van der Waals surface area contributed by atoms with Crippen LogP contribution in [0, 0.1) is 0 Å². The molecule has 2 rings (SSSR count). The van der Waals surface area contributed by atoms with Gasteiger partial charge < -0.3 is 10.2 Å². The maximum Gasteiger partial charge on any atom is 0.333 e. The minimum atomic E-state index is -1.28. The number of halogens is 1. The second-order valence-electron chi connectivity index (χ2n) is 3.49. The fourth-order valence-corrected chi connectivity index (χ4v) is 3.70. The van der Waals surface area contributed by atoms with Crippen LogP contribution in [0.4, 0.5) is 0 Å². The minimum Gasteiger partial charge on any atom is -0.479 e. The number of hydrogen-bond donors (Lipinski definition) is 2. The predicted octanol–water partition coefficient (Wildman–Crippen LogP) is 1.99. The molecular weight excluding hydrogens is 268 g/mol. The molecule has 1 aliphatic rings. The van der Waals surface area contributed by atoms with Gasteiger partial charge in [-0.15, -0.1) is 11.3 Å². The third kappa shape index (κ3) is 1.39. The molecule has 1 fully saturated rings.